The molecule has 0 aliphatic carbocycles. The molecule has 1 aromatic rings. The summed E-state index contributed by atoms with van der Waals surface area (Å²) in [5.74, 6) is -0.644. The summed E-state index contributed by atoms with van der Waals surface area (Å²) in [6.07, 6.45) is 0. The largest absolute Gasteiger partial charge is 0.325 e. The molecule has 1 heterocycles. The number of anilines is 1. The predicted molar refractivity (Wildman–Crippen MR) is 53.1 cm³/mol. The van der Waals surface area contributed by atoms with E-state index in [4.69, 9.17) is 11.6 Å². The van der Waals surface area contributed by atoms with Crippen molar-refractivity contribution < 1.29 is 9.18 Å². The number of nitrogens with one attached hydrogen (secondary N) is 1. The van der Waals surface area contributed by atoms with Crippen LogP contribution < -0.4 is 5.32 Å². The van der Waals surface area contributed by atoms with Crippen molar-refractivity contribution in [1.29, 1.82) is 0 Å². The molecule has 0 atom stereocenters. The lowest BCUT2D eigenvalue weighted by Crippen LogP contribution is -2.27. The maximum Gasteiger partial charge on any atom is 0.234 e. The standard InChI is InChI=1S/C10H9ClFNO/c1-10(2)7-6(13-9(10)14)4-3-5(12)8(7)11/h3-4H,1-2H3,(H,13,14). The molecular weight excluding hydrogens is 205 g/mol. The molecule has 1 aliphatic heterocycles. The molecule has 74 valence electrons. The minimum Gasteiger partial charge on any atom is -0.325 e. The highest BCUT2D eigenvalue weighted by molar-refractivity contribution is 6.33. The van der Waals surface area contributed by atoms with Gasteiger partial charge in [0.2, 0.25) is 5.91 Å². The van der Waals surface area contributed by atoms with Crippen LogP contribution in [0.3, 0.4) is 0 Å². The average Bonchev–Trinajstić information content (AvgIpc) is 2.32. The maximum atomic E-state index is 13.2. The molecule has 1 aliphatic rings. The van der Waals surface area contributed by atoms with E-state index in [1.807, 2.05) is 0 Å². The molecule has 4 heteroatoms. The molecule has 14 heavy (non-hydrogen) atoms. The van der Waals surface area contributed by atoms with Crippen molar-refractivity contribution in [3.05, 3.63) is 28.5 Å². The van der Waals surface area contributed by atoms with Crippen molar-refractivity contribution in [2.75, 3.05) is 5.32 Å². The Morgan fingerprint density at radius 1 is 1.43 bits per heavy atom. The topological polar surface area (TPSA) is 29.1 Å². The molecule has 0 aromatic heterocycles. The van der Waals surface area contributed by atoms with Gasteiger partial charge in [-0.25, -0.2) is 4.39 Å². The summed E-state index contributed by atoms with van der Waals surface area (Å²) in [4.78, 5) is 11.5. The van der Waals surface area contributed by atoms with Crippen molar-refractivity contribution in [1.82, 2.24) is 0 Å². The first kappa shape index (κ1) is 9.46. The fourth-order valence-electron chi connectivity index (χ4n) is 1.66. The van der Waals surface area contributed by atoms with Crippen LogP contribution in [0.5, 0.6) is 0 Å². The maximum absolute atomic E-state index is 13.2. The summed E-state index contributed by atoms with van der Waals surface area (Å²) < 4.78 is 13.2. The molecule has 0 unspecified atom stereocenters. The van der Waals surface area contributed by atoms with Crippen LogP contribution in [0.2, 0.25) is 5.02 Å². The zero-order chi connectivity index (χ0) is 10.5. The van der Waals surface area contributed by atoms with Gasteiger partial charge < -0.3 is 5.32 Å². The van der Waals surface area contributed by atoms with Crippen molar-refractivity contribution in [2.24, 2.45) is 0 Å². The quantitative estimate of drug-likeness (QED) is 0.706. The molecule has 0 saturated carbocycles. The van der Waals surface area contributed by atoms with Crippen LogP contribution in [0.4, 0.5) is 10.1 Å². The van der Waals surface area contributed by atoms with E-state index in [1.54, 1.807) is 13.8 Å². The first-order valence-corrected chi connectivity index (χ1v) is 4.62. The molecule has 1 N–H and O–H groups in total. The van der Waals surface area contributed by atoms with Gasteiger partial charge in [0.15, 0.2) is 0 Å². The van der Waals surface area contributed by atoms with Gasteiger partial charge in [0.05, 0.1) is 10.4 Å². The van der Waals surface area contributed by atoms with Crippen LogP contribution in [0.1, 0.15) is 19.4 Å². The number of benzene rings is 1. The van der Waals surface area contributed by atoms with Crippen molar-refractivity contribution in [2.45, 2.75) is 19.3 Å². The van der Waals surface area contributed by atoms with Crippen LogP contribution in [-0.4, -0.2) is 5.91 Å². The zero-order valence-corrected chi connectivity index (χ0v) is 8.57. The summed E-state index contributed by atoms with van der Waals surface area (Å²) in [5.41, 5.74) is 0.393. The van der Waals surface area contributed by atoms with Crippen LogP contribution in [0.15, 0.2) is 12.1 Å². The van der Waals surface area contributed by atoms with Gasteiger partial charge in [-0.3, -0.25) is 4.79 Å². The van der Waals surface area contributed by atoms with Crippen molar-refractivity contribution >= 4 is 23.2 Å². The Morgan fingerprint density at radius 2 is 2.07 bits per heavy atom. The van der Waals surface area contributed by atoms with Gasteiger partial charge in [-0.05, 0) is 26.0 Å². The zero-order valence-electron chi connectivity index (χ0n) is 7.82. The number of carbonyl (C=O) groups is 1. The van der Waals surface area contributed by atoms with Crippen LogP contribution in [0, 0.1) is 5.82 Å². The molecule has 2 nitrogen and oxygen atoms in total. The number of hydrogen-bond acceptors (Lipinski definition) is 1. The lowest BCUT2D eigenvalue weighted by atomic mass is 9.86. The third-order valence-electron chi connectivity index (χ3n) is 2.54. The van der Waals surface area contributed by atoms with Gasteiger partial charge in [-0.2, -0.15) is 0 Å². The van der Waals surface area contributed by atoms with E-state index in [-0.39, 0.29) is 10.9 Å². The second-order valence-corrected chi connectivity index (χ2v) is 4.24. The van der Waals surface area contributed by atoms with E-state index in [0.717, 1.165) is 0 Å². The molecule has 1 aromatic carbocycles. The fraction of sp³-hybridized carbons (Fsp3) is 0.300. The molecule has 2 rings (SSSR count). The Bertz CT molecular complexity index is 428. The third-order valence-corrected chi connectivity index (χ3v) is 2.91. The third kappa shape index (κ3) is 1.05. The lowest BCUT2D eigenvalue weighted by Gasteiger charge is -2.16. The van der Waals surface area contributed by atoms with Gasteiger partial charge in [0, 0.05) is 11.3 Å². The highest BCUT2D eigenvalue weighted by atomic mass is 35.5. The Hall–Kier alpha value is -1.09. The summed E-state index contributed by atoms with van der Waals surface area (Å²) >= 11 is 5.82. The first-order chi connectivity index (χ1) is 6.44. The normalized spacial score (nSPS) is 17.9. The Labute approximate surface area is 86.1 Å². The van der Waals surface area contributed by atoms with Gasteiger partial charge in [-0.15, -0.1) is 0 Å². The van der Waals surface area contributed by atoms with Crippen LogP contribution in [-0.2, 0) is 10.2 Å². The molecule has 0 saturated heterocycles. The van der Waals surface area contributed by atoms with Crippen LogP contribution >= 0.6 is 11.6 Å². The summed E-state index contributed by atoms with van der Waals surface area (Å²) in [6, 6.07) is 2.78. The minimum absolute atomic E-state index is 0.0332. The number of halogens is 2. The highest BCUT2D eigenvalue weighted by Gasteiger charge is 2.40. The van der Waals surface area contributed by atoms with Crippen molar-refractivity contribution in [3.8, 4) is 0 Å². The highest BCUT2D eigenvalue weighted by Crippen LogP contribution is 2.42. The number of carbonyl (C=O) groups excluding carboxylic acids is 1. The predicted octanol–water partition coefficient (Wildman–Crippen LogP) is 2.71. The molecule has 1 amide bonds. The van der Waals surface area contributed by atoms with E-state index >= 15 is 0 Å². The van der Waals surface area contributed by atoms with E-state index in [9.17, 15) is 9.18 Å². The second kappa shape index (κ2) is 2.70. The molecular formula is C10H9ClFNO. The number of fused-ring (bicyclic) bond motifs is 1. The minimum atomic E-state index is -0.755. The fourth-order valence-corrected chi connectivity index (χ4v) is 2.06. The SMILES string of the molecule is CC1(C)C(=O)Nc2ccc(F)c(Cl)c21. The van der Waals surface area contributed by atoms with E-state index in [0.29, 0.717) is 11.3 Å². The van der Waals surface area contributed by atoms with Gasteiger partial charge >= 0.3 is 0 Å². The number of hydrogen-bond donors (Lipinski definition) is 1. The number of amides is 1. The number of rotatable bonds is 0. The summed E-state index contributed by atoms with van der Waals surface area (Å²) in [6.45, 7) is 3.44. The summed E-state index contributed by atoms with van der Waals surface area (Å²) in [7, 11) is 0. The Kier molecular flexibility index (Phi) is 1.83. The smallest absolute Gasteiger partial charge is 0.234 e. The van der Waals surface area contributed by atoms with Gasteiger partial charge in [0.25, 0.3) is 0 Å². The lowest BCUT2D eigenvalue weighted by molar-refractivity contribution is -0.119. The van der Waals surface area contributed by atoms with Crippen molar-refractivity contribution in [3.63, 3.8) is 0 Å². The summed E-state index contributed by atoms with van der Waals surface area (Å²) in [5, 5.41) is 2.70. The molecule has 0 spiro atoms. The van der Waals surface area contributed by atoms with Gasteiger partial charge in [0.1, 0.15) is 5.82 Å². The average molecular weight is 214 g/mol. The Balaban J connectivity index is 2.74. The van der Waals surface area contributed by atoms with E-state index in [1.165, 1.54) is 12.1 Å². The Morgan fingerprint density at radius 3 is 2.71 bits per heavy atom. The first-order valence-electron chi connectivity index (χ1n) is 4.24. The molecule has 0 radical (unpaired) electrons. The monoisotopic (exact) mass is 213 g/mol. The molecule has 0 fully saturated rings. The van der Waals surface area contributed by atoms with Gasteiger partial charge in [-0.1, -0.05) is 11.6 Å². The second-order valence-electron chi connectivity index (χ2n) is 3.86. The van der Waals surface area contributed by atoms with E-state index in [2.05, 4.69) is 5.32 Å². The van der Waals surface area contributed by atoms with Crippen LogP contribution in [0.25, 0.3) is 0 Å². The molecule has 0 bridgehead atoms. The van der Waals surface area contributed by atoms with E-state index < -0.39 is 11.2 Å².